The van der Waals surface area contributed by atoms with Gasteiger partial charge in [0.05, 0.1) is 10.9 Å². The van der Waals surface area contributed by atoms with Crippen LogP contribution in [0.4, 0.5) is 11.5 Å². The number of piperidine rings is 1. The molecule has 1 saturated heterocycles. The molecule has 5 nitrogen and oxygen atoms in total. The van der Waals surface area contributed by atoms with Crippen LogP contribution in [0.1, 0.15) is 36.4 Å². The van der Waals surface area contributed by atoms with E-state index >= 15 is 0 Å². The number of benzene rings is 2. The first-order chi connectivity index (χ1) is 14.0. The molecule has 1 aromatic heterocycles. The molecule has 0 amide bonds. The van der Waals surface area contributed by atoms with E-state index in [1.807, 2.05) is 61.5 Å². The molecule has 0 unspecified atom stereocenters. The van der Waals surface area contributed by atoms with Crippen LogP contribution in [0.3, 0.4) is 0 Å². The Morgan fingerprint density at radius 2 is 1.72 bits per heavy atom. The van der Waals surface area contributed by atoms with Crippen LogP contribution in [0.2, 0.25) is 0 Å². The molecule has 29 heavy (non-hydrogen) atoms. The predicted molar refractivity (Wildman–Crippen MR) is 116 cm³/mol. The van der Waals surface area contributed by atoms with E-state index in [1.165, 1.54) is 0 Å². The van der Waals surface area contributed by atoms with E-state index in [4.69, 9.17) is 0 Å². The first-order valence-corrected chi connectivity index (χ1v) is 11.3. The average Bonchev–Trinajstić information content (AvgIpc) is 2.75. The molecule has 4 rings (SSSR count). The minimum atomic E-state index is -3.54. The molecule has 1 aliphatic rings. The Hall–Kier alpha value is -2.70. The van der Waals surface area contributed by atoms with Crippen LogP contribution in [0.5, 0.6) is 0 Å². The quantitative estimate of drug-likeness (QED) is 0.643. The van der Waals surface area contributed by atoms with E-state index in [0.29, 0.717) is 11.4 Å². The summed E-state index contributed by atoms with van der Waals surface area (Å²) in [6, 6.07) is 20.6. The van der Waals surface area contributed by atoms with Crippen LogP contribution in [0, 0.1) is 6.92 Å². The summed E-state index contributed by atoms with van der Waals surface area (Å²) < 4.78 is 28.2. The lowest BCUT2D eigenvalue weighted by Crippen LogP contribution is -2.38. The van der Waals surface area contributed by atoms with Gasteiger partial charge in [0.25, 0.3) is 0 Å². The normalized spacial score (nSPS) is 17.8. The van der Waals surface area contributed by atoms with Crippen molar-refractivity contribution in [1.29, 1.82) is 0 Å². The number of aromatic nitrogens is 1. The van der Waals surface area contributed by atoms with Crippen LogP contribution < -0.4 is 5.32 Å². The van der Waals surface area contributed by atoms with Gasteiger partial charge < -0.3 is 5.32 Å². The van der Waals surface area contributed by atoms with Crippen LogP contribution >= 0.6 is 0 Å². The molecule has 0 aliphatic carbocycles. The number of aryl methyl sites for hydroxylation is 1. The molecule has 1 N–H and O–H groups in total. The number of anilines is 2. The van der Waals surface area contributed by atoms with Crippen molar-refractivity contribution in [3.8, 4) is 0 Å². The van der Waals surface area contributed by atoms with Crippen molar-refractivity contribution in [3.63, 3.8) is 0 Å². The van der Waals surface area contributed by atoms with Gasteiger partial charge in [-0.2, -0.15) is 4.31 Å². The molecule has 1 fully saturated rings. The first-order valence-electron chi connectivity index (χ1n) is 9.90. The summed E-state index contributed by atoms with van der Waals surface area (Å²) in [6.45, 7) is 2.49. The van der Waals surface area contributed by atoms with Gasteiger partial charge in [-0.15, -0.1) is 0 Å². The van der Waals surface area contributed by atoms with E-state index in [9.17, 15) is 8.42 Å². The predicted octanol–water partition coefficient (Wildman–Crippen LogP) is 5.05. The van der Waals surface area contributed by atoms with E-state index in [1.54, 1.807) is 22.6 Å². The Bertz CT molecular complexity index is 1050. The summed E-state index contributed by atoms with van der Waals surface area (Å²) >= 11 is 0. The van der Waals surface area contributed by atoms with Crippen molar-refractivity contribution in [2.45, 2.75) is 37.1 Å². The lowest BCUT2D eigenvalue weighted by molar-refractivity contribution is 0.255. The van der Waals surface area contributed by atoms with Gasteiger partial charge in [-0.25, -0.2) is 13.4 Å². The van der Waals surface area contributed by atoms with Crippen LogP contribution in [0.15, 0.2) is 77.8 Å². The van der Waals surface area contributed by atoms with Gasteiger partial charge in [0, 0.05) is 18.4 Å². The lowest BCUT2D eigenvalue weighted by Gasteiger charge is -2.35. The molecule has 2 aromatic carbocycles. The number of hydrogen-bond donors (Lipinski definition) is 1. The maximum absolute atomic E-state index is 13.3. The van der Waals surface area contributed by atoms with Crippen molar-refractivity contribution >= 4 is 21.5 Å². The largest absolute Gasteiger partial charge is 0.340 e. The minimum Gasteiger partial charge on any atom is -0.340 e. The summed E-state index contributed by atoms with van der Waals surface area (Å²) in [5.41, 5.74) is 2.94. The average molecular weight is 408 g/mol. The molecule has 0 saturated carbocycles. The van der Waals surface area contributed by atoms with Crippen molar-refractivity contribution in [2.24, 2.45) is 0 Å². The smallest absolute Gasteiger partial charge is 0.243 e. The standard InChI is InChI=1S/C23H25N3O2S/c1-18-10-13-21(14-11-18)29(27,28)26-16-6-5-9-22(26)19-12-15-23(24-17-19)25-20-7-3-2-4-8-20/h2-4,7-8,10-15,17,22H,5-6,9,16H2,1H3,(H,24,25)/t22-/m1/s1. The zero-order chi connectivity index (χ0) is 20.3. The zero-order valence-corrected chi connectivity index (χ0v) is 17.3. The molecule has 0 spiro atoms. The third-order valence-electron chi connectivity index (χ3n) is 5.30. The number of hydrogen-bond acceptors (Lipinski definition) is 4. The van der Waals surface area contributed by atoms with Crippen molar-refractivity contribution < 1.29 is 8.42 Å². The highest BCUT2D eigenvalue weighted by Gasteiger charge is 2.34. The Balaban J connectivity index is 1.58. The zero-order valence-electron chi connectivity index (χ0n) is 16.5. The topological polar surface area (TPSA) is 62.3 Å². The Labute approximate surface area is 172 Å². The molecule has 150 valence electrons. The second-order valence-electron chi connectivity index (χ2n) is 7.41. The second kappa shape index (κ2) is 8.35. The highest BCUT2D eigenvalue weighted by molar-refractivity contribution is 7.89. The lowest BCUT2D eigenvalue weighted by atomic mass is 9.99. The number of nitrogens with zero attached hydrogens (tertiary/aromatic N) is 2. The molecular weight excluding hydrogens is 382 g/mol. The number of pyridine rings is 1. The van der Waals surface area contributed by atoms with Gasteiger partial charge in [0.15, 0.2) is 0 Å². The van der Waals surface area contributed by atoms with E-state index in [2.05, 4.69) is 10.3 Å². The molecule has 0 radical (unpaired) electrons. The molecule has 3 aromatic rings. The van der Waals surface area contributed by atoms with Gasteiger partial charge >= 0.3 is 0 Å². The second-order valence-corrected chi connectivity index (χ2v) is 9.30. The maximum atomic E-state index is 13.3. The number of sulfonamides is 1. The summed E-state index contributed by atoms with van der Waals surface area (Å²) in [5.74, 6) is 0.740. The molecule has 6 heteroatoms. The summed E-state index contributed by atoms with van der Waals surface area (Å²) in [5, 5.41) is 3.26. The van der Waals surface area contributed by atoms with Crippen molar-refractivity contribution in [1.82, 2.24) is 9.29 Å². The van der Waals surface area contributed by atoms with Crippen LogP contribution in [0.25, 0.3) is 0 Å². The van der Waals surface area contributed by atoms with E-state index < -0.39 is 10.0 Å². The van der Waals surface area contributed by atoms with Gasteiger partial charge in [-0.3, -0.25) is 0 Å². The summed E-state index contributed by atoms with van der Waals surface area (Å²) in [4.78, 5) is 4.87. The van der Waals surface area contributed by atoms with Gasteiger partial charge in [-0.05, 0) is 55.7 Å². The summed E-state index contributed by atoms with van der Waals surface area (Å²) in [6.07, 6.45) is 4.48. The highest BCUT2D eigenvalue weighted by Crippen LogP contribution is 2.35. The monoisotopic (exact) mass is 407 g/mol. The van der Waals surface area contributed by atoms with Crippen LogP contribution in [-0.2, 0) is 10.0 Å². The van der Waals surface area contributed by atoms with Crippen LogP contribution in [-0.4, -0.2) is 24.3 Å². The van der Waals surface area contributed by atoms with Crippen molar-refractivity contribution in [2.75, 3.05) is 11.9 Å². The fourth-order valence-corrected chi connectivity index (χ4v) is 5.40. The molecular formula is C23H25N3O2S. The fourth-order valence-electron chi connectivity index (χ4n) is 3.72. The molecule has 1 aliphatic heterocycles. The van der Waals surface area contributed by atoms with Gasteiger partial charge in [-0.1, -0.05) is 48.4 Å². The number of rotatable bonds is 5. The van der Waals surface area contributed by atoms with E-state index in [-0.39, 0.29) is 6.04 Å². The highest BCUT2D eigenvalue weighted by atomic mass is 32.2. The first kappa shape index (κ1) is 19.6. The molecule has 1 atom stereocenters. The fraction of sp³-hybridized carbons (Fsp3) is 0.261. The third kappa shape index (κ3) is 4.33. The van der Waals surface area contributed by atoms with Gasteiger partial charge in [0.1, 0.15) is 5.82 Å². The summed E-state index contributed by atoms with van der Waals surface area (Å²) in [7, 11) is -3.54. The number of para-hydroxylation sites is 1. The third-order valence-corrected chi connectivity index (χ3v) is 7.22. The van der Waals surface area contributed by atoms with Gasteiger partial charge in [0.2, 0.25) is 10.0 Å². The maximum Gasteiger partial charge on any atom is 0.243 e. The SMILES string of the molecule is Cc1ccc(S(=O)(=O)N2CCCC[C@@H]2c2ccc(Nc3ccccc3)nc2)cc1. The Morgan fingerprint density at radius 1 is 0.966 bits per heavy atom. The molecule has 2 heterocycles. The number of nitrogens with one attached hydrogen (secondary N) is 1. The Kier molecular flexibility index (Phi) is 5.65. The van der Waals surface area contributed by atoms with Crippen molar-refractivity contribution in [3.05, 3.63) is 84.1 Å². The van der Waals surface area contributed by atoms with E-state index in [0.717, 1.165) is 41.9 Å². The Morgan fingerprint density at radius 3 is 2.41 bits per heavy atom. The minimum absolute atomic E-state index is 0.187. The molecule has 0 bridgehead atoms.